The second-order valence-corrected chi connectivity index (χ2v) is 7.19. The van der Waals surface area contributed by atoms with Gasteiger partial charge in [-0.3, -0.25) is 0 Å². The zero-order chi connectivity index (χ0) is 15.6. The van der Waals surface area contributed by atoms with E-state index < -0.39 is 0 Å². The Kier molecular flexibility index (Phi) is 4.62. The SMILES string of the molecule is Cc1cccc(SNc2ccc(C(C)(C)C)c(F)c2)c1C. The molecule has 0 fully saturated rings. The Labute approximate surface area is 131 Å². The van der Waals surface area contributed by atoms with Crippen LogP contribution in [0.15, 0.2) is 41.3 Å². The number of nitrogens with one attached hydrogen (secondary N) is 1. The van der Waals surface area contributed by atoms with Crippen LogP contribution in [0.5, 0.6) is 0 Å². The molecule has 0 aliphatic carbocycles. The number of aryl methyl sites for hydroxylation is 1. The maximum atomic E-state index is 14.2. The first kappa shape index (κ1) is 15.9. The van der Waals surface area contributed by atoms with E-state index in [1.54, 1.807) is 6.07 Å². The fourth-order valence-corrected chi connectivity index (χ4v) is 2.95. The van der Waals surface area contributed by atoms with E-state index in [9.17, 15) is 4.39 Å². The highest BCUT2D eigenvalue weighted by Crippen LogP contribution is 2.30. The Balaban J connectivity index is 2.14. The van der Waals surface area contributed by atoms with Gasteiger partial charge in [-0.1, -0.05) is 39.0 Å². The number of rotatable bonds is 3. The number of hydrogen-bond donors (Lipinski definition) is 1. The van der Waals surface area contributed by atoms with Crippen molar-refractivity contribution in [1.82, 2.24) is 0 Å². The fourth-order valence-electron chi connectivity index (χ4n) is 2.14. The van der Waals surface area contributed by atoms with E-state index >= 15 is 0 Å². The minimum absolute atomic E-state index is 0.158. The third-order valence-electron chi connectivity index (χ3n) is 3.61. The molecule has 21 heavy (non-hydrogen) atoms. The summed E-state index contributed by atoms with van der Waals surface area (Å²) in [5.74, 6) is -0.158. The normalized spacial score (nSPS) is 11.5. The lowest BCUT2D eigenvalue weighted by molar-refractivity contribution is 0.523. The maximum Gasteiger partial charge on any atom is 0.129 e. The van der Waals surface area contributed by atoms with E-state index in [1.165, 1.54) is 23.1 Å². The van der Waals surface area contributed by atoms with E-state index in [2.05, 4.69) is 30.7 Å². The van der Waals surface area contributed by atoms with Gasteiger partial charge in [0.25, 0.3) is 0 Å². The minimum Gasteiger partial charge on any atom is -0.326 e. The summed E-state index contributed by atoms with van der Waals surface area (Å²) in [4.78, 5) is 1.16. The molecule has 0 aliphatic heterocycles. The van der Waals surface area contributed by atoms with Crippen LogP contribution in [-0.2, 0) is 5.41 Å². The van der Waals surface area contributed by atoms with Gasteiger partial charge in [0, 0.05) is 10.6 Å². The van der Waals surface area contributed by atoms with Crippen LogP contribution >= 0.6 is 11.9 Å². The lowest BCUT2D eigenvalue weighted by Gasteiger charge is -2.20. The Morgan fingerprint density at radius 1 is 1.05 bits per heavy atom. The zero-order valence-electron chi connectivity index (χ0n) is 13.3. The zero-order valence-corrected chi connectivity index (χ0v) is 14.1. The molecule has 0 atom stereocenters. The highest BCUT2D eigenvalue weighted by Gasteiger charge is 2.18. The molecule has 0 bridgehead atoms. The van der Waals surface area contributed by atoms with Crippen LogP contribution < -0.4 is 4.72 Å². The molecule has 0 radical (unpaired) electrons. The molecule has 2 rings (SSSR count). The van der Waals surface area contributed by atoms with Gasteiger partial charge in [-0.15, -0.1) is 0 Å². The molecule has 3 heteroatoms. The smallest absolute Gasteiger partial charge is 0.129 e. The lowest BCUT2D eigenvalue weighted by atomic mass is 9.86. The van der Waals surface area contributed by atoms with E-state index in [0.29, 0.717) is 0 Å². The molecule has 0 saturated carbocycles. The monoisotopic (exact) mass is 303 g/mol. The van der Waals surface area contributed by atoms with E-state index in [1.807, 2.05) is 39.0 Å². The number of anilines is 1. The molecule has 112 valence electrons. The quantitative estimate of drug-likeness (QED) is 0.713. The Morgan fingerprint density at radius 2 is 1.76 bits per heavy atom. The predicted molar refractivity (Wildman–Crippen MR) is 90.5 cm³/mol. The van der Waals surface area contributed by atoms with E-state index in [4.69, 9.17) is 0 Å². The fraction of sp³-hybridized carbons (Fsp3) is 0.333. The van der Waals surface area contributed by atoms with Crippen LogP contribution in [0.4, 0.5) is 10.1 Å². The topological polar surface area (TPSA) is 12.0 Å². The van der Waals surface area contributed by atoms with Crippen molar-refractivity contribution in [3.8, 4) is 0 Å². The molecule has 2 aromatic carbocycles. The van der Waals surface area contributed by atoms with Crippen molar-refractivity contribution in [3.63, 3.8) is 0 Å². The van der Waals surface area contributed by atoms with E-state index in [-0.39, 0.29) is 11.2 Å². The summed E-state index contributed by atoms with van der Waals surface area (Å²) in [5, 5.41) is 0. The first-order valence-corrected chi connectivity index (χ1v) is 7.90. The largest absolute Gasteiger partial charge is 0.326 e. The summed E-state index contributed by atoms with van der Waals surface area (Å²) in [6.07, 6.45) is 0. The number of hydrogen-bond acceptors (Lipinski definition) is 2. The van der Waals surface area contributed by atoms with Crippen LogP contribution in [-0.4, -0.2) is 0 Å². The molecule has 0 saturated heterocycles. The molecular formula is C18H22FNS. The molecular weight excluding hydrogens is 281 g/mol. The molecule has 1 N–H and O–H groups in total. The third-order valence-corrected chi connectivity index (χ3v) is 4.61. The van der Waals surface area contributed by atoms with Gasteiger partial charge in [0.1, 0.15) is 5.82 Å². The summed E-state index contributed by atoms with van der Waals surface area (Å²) < 4.78 is 17.4. The Hall–Kier alpha value is -1.48. The summed E-state index contributed by atoms with van der Waals surface area (Å²) in [6, 6.07) is 11.6. The molecule has 0 heterocycles. The average Bonchev–Trinajstić information content (AvgIpc) is 2.39. The van der Waals surface area contributed by atoms with Crippen molar-refractivity contribution in [3.05, 3.63) is 58.9 Å². The molecule has 0 aliphatic rings. The lowest BCUT2D eigenvalue weighted by Crippen LogP contribution is -2.13. The first-order valence-electron chi connectivity index (χ1n) is 7.08. The third kappa shape index (κ3) is 3.79. The molecule has 1 nitrogen and oxygen atoms in total. The van der Waals surface area contributed by atoms with Crippen molar-refractivity contribution >= 4 is 17.6 Å². The van der Waals surface area contributed by atoms with Crippen LogP contribution in [0.3, 0.4) is 0 Å². The Morgan fingerprint density at radius 3 is 2.38 bits per heavy atom. The van der Waals surface area contributed by atoms with Gasteiger partial charge in [0.05, 0.1) is 0 Å². The molecule has 0 aromatic heterocycles. The van der Waals surface area contributed by atoms with E-state index in [0.717, 1.165) is 16.1 Å². The van der Waals surface area contributed by atoms with Crippen molar-refractivity contribution < 1.29 is 4.39 Å². The number of halogens is 1. The van der Waals surface area contributed by atoms with Crippen LogP contribution in [0.25, 0.3) is 0 Å². The first-order chi connectivity index (χ1) is 9.79. The second-order valence-electron chi connectivity index (χ2n) is 6.35. The second kappa shape index (κ2) is 6.10. The van der Waals surface area contributed by atoms with Crippen molar-refractivity contribution in [1.29, 1.82) is 0 Å². The van der Waals surface area contributed by atoms with Crippen molar-refractivity contribution in [2.24, 2.45) is 0 Å². The number of benzene rings is 2. The van der Waals surface area contributed by atoms with Gasteiger partial charge in [-0.25, -0.2) is 4.39 Å². The van der Waals surface area contributed by atoms with Crippen LogP contribution in [0.1, 0.15) is 37.5 Å². The minimum atomic E-state index is -0.178. The van der Waals surface area contributed by atoms with Crippen molar-refractivity contribution in [2.45, 2.75) is 44.9 Å². The standard InChI is InChI=1S/C18H22FNS/c1-12-7-6-8-17(13(12)2)21-20-14-9-10-15(16(19)11-14)18(3,4)5/h6-11,20H,1-5H3. The average molecular weight is 303 g/mol. The van der Waals surface area contributed by atoms with Gasteiger partial charge in [-0.05, 0) is 66.1 Å². The van der Waals surface area contributed by atoms with Gasteiger partial charge in [-0.2, -0.15) is 0 Å². The molecule has 0 spiro atoms. The van der Waals surface area contributed by atoms with Gasteiger partial charge < -0.3 is 4.72 Å². The predicted octanol–water partition coefficient (Wildman–Crippen LogP) is 5.86. The molecule has 0 unspecified atom stereocenters. The molecule has 0 amide bonds. The Bertz CT molecular complexity index is 644. The summed E-state index contributed by atoms with van der Waals surface area (Å²) >= 11 is 1.52. The van der Waals surface area contributed by atoms with Crippen LogP contribution in [0, 0.1) is 19.7 Å². The van der Waals surface area contributed by atoms with Gasteiger partial charge in [0.2, 0.25) is 0 Å². The molecule has 2 aromatic rings. The van der Waals surface area contributed by atoms with Gasteiger partial charge in [0.15, 0.2) is 0 Å². The van der Waals surface area contributed by atoms with Crippen LogP contribution in [0.2, 0.25) is 0 Å². The maximum absolute atomic E-state index is 14.2. The highest BCUT2D eigenvalue weighted by molar-refractivity contribution is 8.00. The summed E-state index contributed by atoms with van der Waals surface area (Å²) in [7, 11) is 0. The summed E-state index contributed by atoms with van der Waals surface area (Å²) in [6.45, 7) is 10.2. The summed E-state index contributed by atoms with van der Waals surface area (Å²) in [5.41, 5.74) is 3.86. The van der Waals surface area contributed by atoms with Crippen molar-refractivity contribution in [2.75, 3.05) is 4.72 Å². The highest BCUT2D eigenvalue weighted by atomic mass is 32.2. The van der Waals surface area contributed by atoms with Gasteiger partial charge >= 0.3 is 0 Å².